The summed E-state index contributed by atoms with van der Waals surface area (Å²) in [4.78, 5) is 0. The molecule has 3 heteroatoms. The molecule has 20 heavy (non-hydrogen) atoms. The van der Waals surface area contributed by atoms with E-state index in [4.69, 9.17) is 9.15 Å². The van der Waals surface area contributed by atoms with E-state index in [9.17, 15) is 0 Å². The van der Waals surface area contributed by atoms with E-state index >= 15 is 0 Å². The summed E-state index contributed by atoms with van der Waals surface area (Å²) < 4.78 is 11.5. The van der Waals surface area contributed by atoms with Gasteiger partial charge in [-0.05, 0) is 45.2 Å². The SMILES string of the molecule is CCOC1CC(N[C@@H](C)c2ccco2)C12CCCCC2. The van der Waals surface area contributed by atoms with Crippen LogP contribution in [0.2, 0.25) is 0 Å². The zero-order valence-electron chi connectivity index (χ0n) is 12.7. The zero-order valence-corrected chi connectivity index (χ0v) is 12.7. The maximum atomic E-state index is 6.01. The van der Waals surface area contributed by atoms with Gasteiger partial charge in [0.15, 0.2) is 0 Å². The van der Waals surface area contributed by atoms with Crippen molar-refractivity contribution >= 4 is 0 Å². The molecular formula is C17H27NO2. The Balaban J connectivity index is 1.67. The summed E-state index contributed by atoms with van der Waals surface area (Å²) in [6, 6.07) is 4.90. The van der Waals surface area contributed by atoms with Crippen molar-refractivity contribution < 1.29 is 9.15 Å². The molecule has 2 fully saturated rings. The molecule has 1 aromatic heterocycles. The highest BCUT2D eigenvalue weighted by Crippen LogP contribution is 2.53. The van der Waals surface area contributed by atoms with Gasteiger partial charge in [0.05, 0.1) is 18.4 Å². The van der Waals surface area contributed by atoms with Crippen LogP contribution >= 0.6 is 0 Å². The van der Waals surface area contributed by atoms with Gasteiger partial charge in [-0.1, -0.05) is 19.3 Å². The average molecular weight is 277 g/mol. The lowest BCUT2D eigenvalue weighted by atomic mass is 9.55. The van der Waals surface area contributed by atoms with E-state index in [0.29, 0.717) is 17.6 Å². The predicted molar refractivity (Wildman–Crippen MR) is 79.6 cm³/mol. The highest BCUT2D eigenvalue weighted by Gasteiger charge is 2.55. The monoisotopic (exact) mass is 277 g/mol. The Morgan fingerprint density at radius 3 is 2.85 bits per heavy atom. The first kappa shape index (κ1) is 14.2. The molecule has 2 aliphatic rings. The normalized spacial score (nSPS) is 30.1. The van der Waals surface area contributed by atoms with Crippen LogP contribution in [0.4, 0.5) is 0 Å². The molecular weight excluding hydrogens is 250 g/mol. The van der Waals surface area contributed by atoms with Crippen molar-refractivity contribution in [1.29, 1.82) is 0 Å². The average Bonchev–Trinajstić information content (AvgIpc) is 3.01. The third-order valence-corrected chi connectivity index (χ3v) is 5.36. The quantitative estimate of drug-likeness (QED) is 0.881. The van der Waals surface area contributed by atoms with Gasteiger partial charge in [0.25, 0.3) is 0 Å². The lowest BCUT2D eigenvalue weighted by Crippen LogP contribution is -2.64. The minimum Gasteiger partial charge on any atom is -0.468 e. The zero-order chi connectivity index (χ0) is 14.0. The highest BCUT2D eigenvalue weighted by atomic mass is 16.5. The Bertz CT molecular complexity index is 409. The lowest BCUT2D eigenvalue weighted by Gasteiger charge is -2.58. The van der Waals surface area contributed by atoms with Crippen molar-refractivity contribution in [1.82, 2.24) is 5.32 Å². The van der Waals surface area contributed by atoms with Crippen molar-refractivity contribution in [2.75, 3.05) is 6.61 Å². The number of rotatable bonds is 5. The van der Waals surface area contributed by atoms with E-state index in [2.05, 4.69) is 25.2 Å². The molecule has 3 nitrogen and oxygen atoms in total. The summed E-state index contributed by atoms with van der Waals surface area (Å²) in [6.07, 6.45) is 10.1. The summed E-state index contributed by atoms with van der Waals surface area (Å²) in [7, 11) is 0. The molecule has 0 radical (unpaired) electrons. The molecule has 112 valence electrons. The van der Waals surface area contributed by atoms with E-state index in [1.54, 1.807) is 6.26 Å². The molecule has 3 atom stereocenters. The predicted octanol–water partition coefficient (Wildman–Crippen LogP) is 4.06. The largest absolute Gasteiger partial charge is 0.468 e. The molecule has 0 amide bonds. The summed E-state index contributed by atoms with van der Waals surface area (Å²) >= 11 is 0. The second kappa shape index (κ2) is 5.90. The number of nitrogens with one attached hydrogen (secondary N) is 1. The van der Waals surface area contributed by atoms with Crippen LogP contribution < -0.4 is 5.32 Å². The van der Waals surface area contributed by atoms with E-state index < -0.39 is 0 Å². The molecule has 0 saturated heterocycles. The van der Waals surface area contributed by atoms with E-state index in [1.165, 1.54) is 32.1 Å². The van der Waals surface area contributed by atoms with Gasteiger partial charge in [-0.15, -0.1) is 0 Å². The van der Waals surface area contributed by atoms with Gasteiger partial charge in [0.1, 0.15) is 5.76 Å². The Kier molecular flexibility index (Phi) is 4.18. The second-order valence-corrected chi connectivity index (χ2v) is 6.43. The summed E-state index contributed by atoms with van der Waals surface area (Å²) in [5, 5.41) is 3.79. The van der Waals surface area contributed by atoms with Gasteiger partial charge in [-0.25, -0.2) is 0 Å². The minimum atomic E-state index is 0.288. The van der Waals surface area contributed by atoms with Crippen LogP contribution in [-0.2, 0) is 4.74 Å². The first-order chi connectivity index (χ1) is 9.76. The smallest absolute Gasteiger partial charge is 0.120 e. The fraction of sp³-hybridized carbons (Fsp3) is 0.765. The van der Waals surface area contributed by atoms with E-state index in [0.717, 1.165) is 18.8 Å². The Morgan fingerprint density at radius 1 is 1.40 bits per heavy atom. The molecule has 3 rings (SSSR count). The summed E-state index contributed by atoms with van der Waals surface area (Å²) in [5.74, 6) is 1.04. The van der Waals surface area contributed by atoms with Gasteiger partial charge in [0, 0.05) is 18.1 Å². The van der Waals surface area contributed by atoms with Crippen molar-refractivity contribution in [3.05, 3.63) is 24.2 Å². The van der Waals surface area contributed by atoms with Crippen LogP contribution in [-0.4, -0.2) is 18.8 Å². The van der Waals surface area contributed by atoms with Crippen molar-refractivity contribution in [2.24, 2.45) is 5.41 Å². The Morgan fingerprint density at radius 2 is 2.20 bits per heavy atom. The molecule has 1 N–H and O–H groups in total. The standard InChI is InChI=1S/C17H27NO2/c1-3-19-16-12-15(17(16)9-5-4-6-10-17)18-13(2)14-8-7-11-20-14/h7-8,11,13,15-16,18H,3-6,9-10,12H2,1-2H3/t13-,15?,16?/m0/s1. The Hall–Kier alpha value is -0.800. The number of ether oxygens (including phenoxy) is 1. The molecule has 0 aliphatic heterocycles. The first-order valence-corrected chi connectivity index (χ1v) is 8.17. The fourth-order valence-corrected chi connectivity index (χ4v) is 4.22. The van der Waals surface area contributed by atoms with Gasteiger partial charge in [0.2, 0.25) is 0 Å². The van der Waals surface area contributed by atoms with Crippen LogP contribution in [0.25, 0.3) is 0 Å². The van der Waals surface area contributed by atoms with Crippen LogP contribution in [0.1, 0.15) is 64.2 Å². The van der Waals surface area contributed by atoms with E-state index in [1.807, 2.05) is 6.07 Å². The molecule has 0 aromatic carbocycles. The molecule has 1 spiro atoms. The van der Waals surface area contributed by atoms with Crippen molar-refractivity contribution in [2.45, 2.75) is 70.6 Å². The highest BCUT2D eigenvalue weighted by molar-refractivity contribution is 5.12. The second-order valence-electron chi connectivity index (χ2n) is 6.43. The first-order valence-electron chi connectivity index (χ1n) is 8.17. The van der Waals surface area contributed by atoms with E-state index in [-0.39, 0.29) is 6.04 Å². The van der Waals surface area contributed by atoms with Gasteiger partial charge in [-0.2, -0.15) is 0 Å². The molecule has 2 unspecified atom stereocenters. The maximum absolute atomic E-state index is 6.01. The number of hydrogen-bond acceptors (Lipinski definition) is 3. The molecule has 2 aliphatic carbocycles. The minimum absolute atomic E-state index is 0.288. The lowest BCUT2D eigenvalue weighted by molar-refractivity contribution is -0.152. The number of hydrogen-bond donors (Lipinski definition) is 1. The van der Waals surface area contributed by atoms with Crippen molar-refractivity contribution in [3.8, 4) is 0 Å². The summed E-state index contributed by atoms with van der Waals surface area (Å²) in [5.41, 5.74) is 0.384. The topological polar surface area (TPSA) is 34.4 Å². The Labute approximate surface area is 122 Å². The molecule has 1 heterocycles. The van der Waals surface area contributed by atoms with Crippen LogP contribution in [0.15, 0.2) is 22.8 Å². The maximum Gasteiger partial charge on any atom is 0.120 e. The number of furan rings is 1. The van der Waals surface area contributed by atoms with Crippen LogP contribution in [0.3, 0.4) is 0 Å². The van der Waals surface area contributed by atoms with Crippen LogP contribution in [0, 0.1) is 5.41 Å². The van der Waals surface area contributed by atoms with Crippen molar-refractivity contribution in [3.63, 3.8) is 0 Å². The third kappa shape index (κ3) is 2.42. The molecule has 2 saturated carbocycles. The fourth-order valence-electron chi connectivity index (χ4n) is 4.22. The summed E-state index contributed by atoms with van der Waals surface area (Å²) in [6.45, 7) is 5.15. The molecule has 1 aromatic rings. The van der Waals surface area contributed by atoms with Gasteiger partial charge >= 0.3 is 0 Å². The van der Waals surface area contributed by atoms with Crippen LogP contribution in [0.5, 0.6) is 0 Å². The van der Waals surface area contributed by atoms with Gasteiger partial charge in [-0.3, -0.25) is 0 Å². The molecule has 0 bridgehead atoms. The van der Waals surface area contributed by atoms with Gasteiger partial charge < -0.3 is 14.5 Å². The third-order valence-electron chi connectivity index (χ3n) is 5.36.